The summed E-state index contributed by atoms with van der Waals surface area (Å²) in [6.45, 7) is 7.11. The van der Waals surface area contributed by atoms with Gasteiger partial charge in [-0.1, -0.05) is 13.8 Å². The minimum absolute atomic E-state index is 0.0925. The molecule has 0 radical (unpaired) electrons. The number of aliphatic hydroxyl groups excluding tert-OH is 1. The van der Waals surface area contributed by atoms with E-state index in [0.717, 1.165) is 0 Å². The molecule has 80 valence electrons. The zero-order valence-electron chi connectivity index (χ0n) is 9.08. The van der Waals surface area contributed by atoms with Crippen molar-refractivity contribution in [1.82, 2.24) is 4.90 Å². The molecule has 0 saturated heterocycles. The molecule has 1 unspecified atom stereocenters. The highest BCUT2D eigenvalue weighted by Gasteiger charge is 2.33. The van der Waals surface area contributed by atoms with Crippen molar-refractivity contribution in [2.75, 3.05) is 26.8 Å². The first kappa shape index (κ1) is 12.8. The summed E-state index contributed by atoms with van der Waals surface area (Å²) in [6.07, 6.45) is 0. The van der Waals surface area contributed by atoms with Gasteiger partial charge in [0.2, 0.25) is 0 Å². The second kappa shape index (κ2) is 5.54. The molecule has 1 atom stereocenters. The third kappa shape index (κ3) is 3.23. The van der Waals surface area contributed by atoms with Crippen LogP contribution in [0.2, 0.25) is 0 Å². The standard InChI is InChI=1S/C9H22N2O2/c1-5-13-9(10,8(2)3)11(4)6-7-12/h8,12H,5-7,10H2,1-4H3. The van der Waals surface area contributed by atoms with Gasteiger partial charge in [0.15, 0.2) is 5.85 Å². The summed E-state index contributed by atoms with van der Waals surface area (Å²) in [6, 6.07) is 0. The van der Waals surface area contributed by atoms with E-state index < -0.39 is 5.85 Å². The van der Waals surface area contributed by atoms with Crippen molar-refractivity contribution in [2.24, 2.45) is 11.7 Å². The van der Waals surface area contributed by atoms with E-state index in [-0.39, 0.29) is 12.5 Å². The van der Waals surface area contributed by atoms with Crippen LogP contribution in [-0.4, -0.2) is 42.7 Å². The van der Waals surface area contributed by atoms with Crippen LogP contribution in [0.3, 0.4) is 0 Å². The normalized spacial score (nSPS) is 16.6. The second-order valence-corrected chi connectivity index (χ2v) is 3.48. The molecule has 0 saturated carbocycles. The maximum atomic E-state index is 8.80. The van der Waals surface area contributed by atoms with Gasteiger partial charge in [-0.15, -0.1) is 0 Å². The van der Waals surface area contributed by atoms with Crippen molar-refractivity contribution in [1.29, 1.82) is 0 Å². The van der Waals surface area contributed by atoms with Crippen molar-refractivity contribution in [3.8, 4) is 0 Å². The molecular weight excluding hydrogens is 168 g/mol. The average molecular weight is 190 g/mol. The van der Waals surface area contributed by atoms with Crippen LogP contribution < -0.4 is 5.73 Å². The minimum atomic E-state index is -0.766. The van der Waals surface area contributed by atoms with Gasteiger partial charge >= 0.3 is 0 Å². The van der Waals surface area contributed by atoms with Crippen molar-refractivity contribution in [3.63, 3.8) is 0 Å². The van der Waals surface area contributed by atoms with Gasteiger partial charge in [-0.05, 0) is 14.0 Å². The Labute approximate surface area is 80.7 Å². The average Bonchev–Trinajstić information content (AvgIpc) is 2.04. The zero-order valence-corrected chi connectivity index (χ0v) is 9.08. The third-order valence-electron chi connectivity index (χ3n) is 2.23. The van der Waals surface area contributed by atoms with E-state index in [1.54, 1.807) is 0 Å². The van der Waals surface area contributed by atoms with Crippen LogP contribution in [-0.2, 0) is 4.74 Å². The molecule has 0 amide bonds. The number of ether oxygens (including phenoxy) is 1. The lowest BCUT2D eigenvalue weighted by atomic mass is 10.1. The second-order valence-electron chi connectivity index (χ2n) is 3.48. The van der Waals surface area contributed by atoms with Gasteiger partial charge in [0, 0.05) is 19.1 Å². The number of likely N-dealkylation sites (N-methyl/N-ethyl adjacent to an activating group) is 1. The quantitative estimate of drug-likeness (QED) is 0.588. The molecule has 0 rings (SSSR count). The number of nitrogens with two attached hydrogens (primary N) is 1. The molecule has 0 heterocycles. The Balaban J connectivity index is 4.37. The predicted octanol–water partition coefficient (Wildman–Crippen LogP) is 0.215. The lowest BCUT2D eigenvalue weighted by Gasteiger charge is -2.40. The topological polar surface area (TPSA) is 58.7 Å². The molecule has 0 spiro atoms. The number of hydrogen-bond donors (Lipinski definition) is 2. The van der Waals surface area contributed by atoms with Crippen LogP contribution >= 0.6 is 0 Å². The molecule has 0 aliphatic carbocycles. The Kier molecular flexibility index (Phi) is 5.48. The van der Waals surface area contributed by atoms with E-state index in [9.17, 15) is 0 Å². The lowest BCUT2D eigenvalue weighted by molar-refractivity contribution is -0.171. The Morgan fingerprint density at radius 2 is 2.08 bits per heavy atom. The third-order valence-corrected chi connectivity index (χ3v) is 2.23. The summed E-state index contributed by atoms with van der Waals surface area (Å²) in [5.41, 5.74) is 6.07. The van der Waals surface area contributed by atoms with Crippen LogP contribution in [0.1, 0.15) is 20.8 Å². The van der Waals surface area contributed by atoms with Crippen LogP contribution in [0.15, 0.2) is 0 Å². The summed E-state index contributed by atoms with van der Waals surface area (Å²) < 4.78 is 5.50. The maximum Gasteiger partial charge on any atom is 0.176 e. The highest BCUT2D eigenvalue weighted by molar-refractivity contribution is 4.76. The monoisotopic (exact) mass is 190 g/mol. The molecular formula is C9H22N2O2. The molecule has 0 aromatic rings. The number of rotatable bonds is 6. The van der Waals surface area contributed by atoms with E-state index in [1.807, 2.05) is 32.7 Å². The van der Waals surface area contributed by atoms with Gasteiger partial charge in [0.25, 0.3) is 0 Å². The summed E-state index contributed by atoms with van der Waals surface area (Å²) in [7, 11) is 1.85. The number of nitrogens with zero attached hydrogens (tertiary/aromatic N) is 1. The molecule has 0 fully saturated rings. The molecule has 13 heavy (non-hydrogen) atoms. The fraction of sp³-hybridized carbons (Fsp3) is 1.00. The van der Waals surface area contributed by atoms with Crippen LogP contribution in [0, 0.1) is 5.92 Å². The van der Waals surface area contributed by atoms with E-state index in [0.29, 0.717) is 13.2 Å². The molecule has 0 aromatic carbocycles. The first-order valence-electron chi connectivity index (χ1n) is 4.74. The zero-order chi connectivity index (χ0) is 10.5. The van der Waals surface area contributed by atoms with Crippen molar-refractivity contribution in [2.45, 2.75) is 26.6 Å². The number of hydrogen-bond acceptors (Lipinski definition) is 4. The van der Waals surface area contributed by atoms with Crippen LogP contribution in [0.25, 0.3) is 0 Å². The highest BCUT2D eigenvalue weighted by Crippen LogP contribution is 2.18. The molecule has 4 nitrogen and oxygen atoms in total. The fourth-order valence-corrected chi connectivity index (χ4v) is 1.27. The summed E-state index contributed by atoms with van der Waals surface area (Å²) in [5, 5.41) is 8.80. The van der Waals surface area contributed by atoms with Gasteiger partial charge in [-0.25, -0.2) is 0 Å². The predicted molar refractivity (Wildman–Crippen MR) is 53.1 cm³/mol. The van der Waals surface area contributed by atoms with Gasteiger partial charge in [-0.2, -0.15) is 0 Å². The first-order chi connectivity index (χ1) is 5.99. The van der Waals surface area contributed by atoms with Gasteiger partial charge in [0.1, 0.15) is 0 Å². The minimum Gasteiger partial charge on any atom is -0.395 e. The highest BCUT2D eigenvalue weighted by atomic mass is 16.5. The Morgan fingerprint density at radius 3 is 2.38 bits per heavy atom. The summed E-state index contributed by atoms with van der Waals surface area (Å²) in [5.74, 6) is -0.582. The van der Waals surface area contributed by atoms with Gasteiger partial charge < -0.3 is 9.84 Å². The smallest absolute Gasteiger partial charge is 0.176 e. The Hall–Kier alpha value is -0.160. The van der Waals surface area contributed by atoms with E-state index in [1.165, 1.54) is 0 Å². The largest absolute Gasteiger partial charge is 0.395 e. The summed E-state index contributed by atoms with van der Waals surface area (Å²) in [4.78, 5) is 1.83. The van der Waals surface area contributed by atoms with E-state index in [4.69, 9.17) is 15.6 Å². The maximum absolute atomic E-state index is 8.80. The Bertz CT molecular complexity index is 142. The summed E-state index contributed by atoms with van der Waals surface area (Å²) >= 11 is 0. The molecule has 0 aromatic heterocycles. The SMILES string of the molecule is CCOC(N)(C(C)C)N(C)CCO. The molecule has 4 heteroatoms. The number of aliphatic hydroxyl groups is 1. The van der Waals surface area contributed by atoms with E-state index in [2.05, 4.69) is 0 Å². The first-order valence-corrected chi connectivity index (χ1v) is 4.74. The fourth-order valence-electron chi connectivity index (χ4n) is 1.27. The molecule has 0 aliphatic rings. The van der Waals surface area contributed by atoms with Crippen molar-refractivity contribution >= 4 is 0 Å². The van der Waals surface area contributed by atoms with E-state index >= 15 is 0 Å². The molecule has 0 aliphatic heterocycles. The van der Waals surface area contributed by atoms with Gasteiger partial charge in [0.05, 0.1) is 6.61 Å². The van der Waals surface area contributed by atoms with Crippen LogP contribution in [0.5, 0.6) is 0 Å². The lowest BCUT2D eigenvalue weighted by Crippen LogP contribution is -2.60. The molecule has 0 bridgehead atoms. The molecule has 3 N–H and O–H groups in total. The van der Waals surface area contributed by atoms with Crippen molar-refractivity contribution in [3.05, 3.63) is 0 Å². The van der Waals surface area contributed by atoms with Crippen LogP contribution in [0.4, 0.5) is 0 Å². The van der Waals surface area contributed by atoms with Gasteiger partial charge in [-0.3, -0.25) is 10.6 Å². The van der Waals surface area contributed by atoms with Crippen molar-refractivity contribution < 1.29 is 9.84 Å². The Morgan fingerprint density at radius 1 is 1.54 bits per heavy atom.